The maximum Gasteiger partial charge on any atom is 0.269 e. The summed E-state index contributed by atoms with van der Waals surface area (Å²) in [6.07, 6.45) is 1.85. The number of nitrogens with zero attached hydrogens (tertiary/aromatic N) is 3. The van der Waals surface area contributed by atoms with Gasteiger partial charge in [0.05, 0.1) is 16.3 Å². The zero-order valence-corrected chi connectivity index (χ0v) is 16.2. The van der Waals surface area contributed by atoms with Gasteiger partial charge in [0.25, 0.3) is 11.6 Å². The molecule has 30 heavy (non-hydrogen) atoms. The number of carbonyl (C=O) groups is 2. The fourth-order valence-corrected chi connectivity index (χ4v) is 2.98. The molecule has 2 N–H and O–H groups in total. The number of anilines is 2. The molecule has 0 saturated heterocycles. The Balaban J connectivity index is 1.49. The minimum absolute atomic E-state index is 0.00896. The average Bonchev–Trinajstić information content (AvgIpc) is 3.52. The summed E-state index contributed by atoms with van der Waals surface area (Å²) in [6.45, 7) is 1.79. The number of aromatic nitrogens is 2. The molecule has 9 heteroatoms. The monoisotopic (exact) mass is 405 g/mol. The van der Waals surface area contributed by atoms with E-state index >= 15 is 0 Å². The Morgan fingerprint density at radius 1 is 1.07 bits per heavy atom. The zero-order valence-electron chi connectivity index (χ0n) is 16.2. The third kappa shape index (κ3) is 4.19. The van der Waals surface area contributed by atoms with Crippen LogP contribution in [0.1, 0.15) is 28.9 Å². The van der Waals surface area contributed by atoms with E-state index in [2.05, 4.69) is 15.7 Å². The summed E-state index contributed by atoms with van der Waals surface area (Å²) in [5.74, 6) is 0.223. The molecule has 4 rings (SSSR count). The molecule has 0 spiro atoms. The number of nitro groups is 1. The van der Waals surface area contributed by atoms with Gasteiger partial charge in [-0.15, -0.1) is 0 Å². The van der Waals surface area contributed by atoms with E-state index in [1.807, 2.05) is 0 Å². The smallest absolute Gasteiger partial charge is 0.269 e. The summed E-state index contributed by atoms with van der Waals surface area (Å²) in [4.78, 5) is 34.9. The largest absolute Gasteiger partial charge is 0.326 e. The van der Waals surface area contributed by atoms with Crippen molar-refractivity contribution < 1.29 is 14.5 Å². The van der Waals surface area contributed by atoms with Crippen LogP contribution in [0.25, 0.3) is 5.69 Å². The second kappa shape index (κ2) is 7.78. The van der Waals surface area contributed by atoms with Crippen LogP contribution in [-0.4, -0.2) is 26.5 Å². The number of rotatable bonds is 6. The van der Waals surface area contributed by atoms with Crippen LogP contribution in [0.2, 0.25) is 0 Å². The standard InChI is InChI=1S/C21H19N5O4/c1-13-12-19(25(24-13)17-8-10-18(11-9-17)26(29)30)23-21(28)15-4-6-16(7-5-15)22-20(27)14-2-3-14/h4-12,14H,2-3H2,1H3,(H,22,27)(H,23,28). The van der Waals surface area contributed by atoms with Crippen molar-refractivity contribution in [3.63, 3.8) is 0 Å². The molecule has 1 aromatic heterocycles. The molecule has 1 fully saturated rings. The Morgan fingerprint density at radius 3 is 2.33 bits per heavy atom. The topological polar surface area (TPSA) is 119 Å². The van der Waals surface area contributed by atoms with Gasteiger partial charge in [0.1, 0.15) is 5.82 Å². The van der Waals surface area contributed by atoms with Gasteiger partial charge >= 0.3 is 0 Å². The van der Waals surface area contributed by atoms with Gasteiger partial charge in [-0.25, -0.2) is 4.68 Å². The molecule has 1 aliphatic carbocycles. The molecular formula is C21H19N5O4. The van der Waals surface area contributed by atoms with Crippen LogP contribution in [0.4, 0.5) is 17.2 Å². The molecule has 1 saturated carbocycles. The van der Waals surface area contributed by atoms with Crippen LogP contribution in [0.5, 0.6) is 0 Å². The first-order valence-electron chi connectivity index (χ1n) is 9.44. The van der Waals surface area contributed by atoms with Crippen LogP contribution in [0.15, 0.2) is 54.6 Å². The molecule has 3 aromatic rings. The normalized spacial score (nSPS) is 13.0. The summed E-state index contributed by atoms with van der Waals surface area (Å²) >= 11 is 0. The Kier molecular flexibility index (Phi) is 5.01. The van der Waals surface area contributed by atoms with Gasteiger partial charge in [-0.2, -0.15) is 5.10 Å². The third-order valence-electron chi connectivity index (χ3n) is 4.74. The average molecular weight is 405 g/mol. The third-order valence-corrected chi connectivity index (χ3v) is 4.74. The van der Waals surface area contributed by atoms with E-state index in [1.165, 1.54) is 16.8 Å². The van der Waals surface area contributed by atoms with Gasteiger partial charge in [-0.05, 0) is 56.2 Å². The quantitative estimate of drug-likeness (QED) is 0.479. The molecule has 2 amide bonds. The number of hydrogen-bond acceptors (Lipinski definition) is 5. The fourth-order valence-electron chi connectivity index (χ4n) is 2.98. The van der Waals surface area contributed by atoms with Gasteiger partial charge in [0, 0.05) is 35.4 Å². The van der Waals surface area contributed by atoms with E-state index in [9.17, 15) is 19.7 Å². The van der Waals surface area contributed by atoms with Crippen molar-refractivity contribution in [2.75, 3.05) is 10.6 Å². The van der Waals surface area contributed by atoms with Crippen molar-refractivity contribution >= 4 is 29.0 Å². The van der Waals surface area contributed by atoms with E-state index in [4.69, 9.17) is 0 Å². The van der Waals surface area contributed by atoms with E-state index in [0.717, 1.165) is 12.8 Å². The fraction of sp³-hybridized carbons (Fsp3) is 0.190. The summed E-state index contributed by atoms with van der Waals surface area (Å²) in [6, 6.07) is 14.3. The molecule has 1 heterocycles. The summed E-state index contributed by atoms with van der Waals surface area (Å²) in [5.41, 5.74) is 2.31. The highest BCUT2D eigenvalue weighted by Gasteiger charge is 2.29. The zero-order chi connectivity index (χ0) is 21.3. The van der Waals surface area contributed by atoms with Crippen molar-refractivity contribution in [2.45, 2.75) is 19.8 Å². The van der Waals surface area contributed by atoms with Gasteiger partial charge in [0.15, 0.2) is 0 Å². The second-order valence-corrected chi connectivity index (χ2v) is 7.15. The molecule has 2 aromatic carbocycles. The lowest BCUT2D eigenvalue weighted by Gasteiger charge is -2.10. The Morgan fingerprint density at radius 2 is 1.73 bits per heavy atom. The Hall–Kier alpha value is -4.01. The lowest BCUT2D eigenvalue weighted by Crippen LogP contribution is -2.16. The van der Waals surface area contributed by atoms with Crippen LogP contribution < -0.4 is 10.6 Å². The highest BCUT2D eigenvalue weighted by molar-refractivity contribution is 6.04. The van der Waals surface area contributed by atoms with Gasteiger partial charge in [0.2, 0.25) is 5.91 Å². The number of hydrogen-bond donors (Lipinski definition) is 2. The van der Waals surface area contributed by atoms with Crippen LogP contribution in [0.3, 0.4) is 0 Å². The lowest BCUT2D eigenvalue weighted by molar-refractivity contribution is -0.384. The van der Waals surface area contributed by atoms with Gasteiger partial charge in [-0.3, -0.25) is 19.7 Å². The van der Waals surface area contributed by atoms with Crippen molar-refractivity contribution in [1.29, 1.82) is 0 Å². The minimum Gasteiger partial charge on any atom is -0.326 e. The molecule has 1 aliphatic rings. The van der Waals surface area contributed by atoms with E-state index in [-0.39, 0.29) is 23.4 Å². The Labute approximate surface area is 171 Å². The Bertz CT molecular complexity index is 1120. The van der Waals surface area contributed by atoms with E-state index in [0.29, 0.717) is 28.5 Å². The summed E-state index contributed by atoms with van der Waals surface area (Å²) in [5, 5.41) is 20.8. The number of nitro benzene ring substituents is 1. The molecule has 152 valence electrons. The molecule has 0 atom stereocenters. The maximum absolute atomic E-state index is 12.7. The number of carbonyl (C=O) groups excluding carboxylic acids is 2. The summed E-state index contributed by atoms with van der Waals surface area (Å²) in [7, 11) is 0. The molecule has 0 aliphatic heterocycles. The maximum atomic E-state index is 12.7. The van der Waals surface area contributed by atoms with Crippen molar-refractivity contribution in [3.8, 4) is 5.69 Å². The van der Waals surface area contributed by atoms with Crippen LogP contribution in [0, 0.1) is 23.0 Å². The number of benzene rings is 2. The van der Waals surface area contributed by atoms with Crippen LogP contribution >= 0.6 is 0 Å². The highest BCUT2D eigenvalue weighted by atomic mass is 16.6. The van der Waals surface area contributed by atoms with Crippen molar-refractivity contribution in [2.24, 2.45) is 5.92 Å². The number of amides is 2. The van der Waals surface area contributed by atoms with Gasteiger partial charge < -0.3 is 10.6 Å². The molecule has 0 unspecified atom stereocenters. The molecule has 0 radical (unpaired) electrons. The summed E-state index contributed by atoms with van der Waals surface area (Å²) < 4.78 is 1.52. The highest BCUT2D eigenvalue weighted by Crippen LogP contribution is 2.30. The SMILES string of the molecule is Cc1cc(NC(=O)c2ccc(NC(=O)C3CC3)cc2)n(-c2ccc([N+](=O)[O-])cc2)n1. The molecule has 0 bridgehead atoms. The predicted octanol–water partition coefficient (Wildman–Crippen LogP) is 3.69. The molecular weight excluding hydrogens is 386 g/mol. The first kappa shape index (κ1) is 19.3. The van der Waals surface area contributed by atoms with E-state index in [1.54, 1.807) is 49.4 Å². The predicted molar refractivity (Wildman–Crippen MR) is 111 cm³/mol. The number of nitrogens with one attached hydrogen (secondary N) is 2. The van der Waals surface area contributed by atoms with Crippen molar-refractivity contribution in [3.05, 3.63) is 76.0 Å². The molecule has 9 nitrogen and oxygen atoms in total. The van der Waals surface area contributed by atoms with E-state index < -0.39 is 4.92 Å². The van der Waals surface area contributed by atoms with Crippen molar-refractivity contribution in [1.82, 2.24) is 9.78 Å². The minimum atomic E-state index is -0.475. The second-order valence-electron chi connectivity index (χ2n) is 7.15. The van der Waals surface area contributed by atoms with Gasteiger partial charge in [-0.1, -0.05) is 0 Å². The number of aryl methyl sites for hydroxylation is 1. The first-order valence-corrected chi connectivity index (χ1v) is 9.44. The first-order chi connectivity index (χ1) is 14.4. The number of non-ortho nitro benzene ring substituents is 1. The lowest BCUT2D eigenvalue weighted by atomic mass is 10.2. The van der Waals surface area contributed by atoms with Crippen LogP contribution in [-0.2, 0) is 4.79 Å².